The van der Waals surface area contributed by atoms with E-state index in [9.17, 15) is 20.0 Å². The Morgan fingerprint density at radius 1 is 1.11 bits per heavy atom. The summed E-state index contributed by atoms with van der Waals surface area (Å²) in [5.41, 5.74) is 3.66. The van der Waals surface area contributed by atoms with Crippen LogP contribution in [0.1, 0.15) is 41.3 Å². The molecule has 3 heterocycles. The summed E-state index contributed by atoms with van der Waals surface area (Å²) in [6.07, 6.45) is 4.32. The van der Waals surface area contributed by atoms with Gasteiger partial charge in [0.1, 0.15) is 6.61 Å². The van der Waals surface area contributed by atoms with E-state index in [2.05, 4.69) is 4.98 Å². The summed E-state index contributed by atoms with van der Waals surface area (Å²) in [6.45, 7) is 4.17. The normalized spacial score (nSPS) is 15.6. The molecule has 10 heteroatoms. The van der Waals surface area contributed by atoms with Gasteiger partial charge >= 0.3 is 6.09 Å². The van der Waals surface area contributed by atoms with Crippen LogP contribution < -0.4 is 15.0 Å². The maximum absolute atomic E-state index is 13.2. The van der Waals surface area contributed by atoms with Crippen molar-refractivity contribution < 1.29 is 19.5 Å². The lowest BCUT2D eigenvalue weighted by Crippen LogP contribution is -2.49. The van der Waals surface area contributed by atoms with Crippen LogP contribution in [0.15, 0.2) is 67.0 Å². The van der Waals surface area contributed by atoms with E-state index in [4.69, 9.17) is 4.74 Å². The van der Waals surface area contributed by atoms with Crippen LogP contribution in [0.2, 0.25) is 0 Å². The van der Waals surface area contributed by atoms with E-state index < -0.39 is 0 Å². The summed E-state index contributed by atoms with van der Waals surface area (Å²) < 4.78 is 5.39. The van der Waals surface area contributed by atoms with Gasteiger partial charge in [0.05, 0.1) is 17.1 Å². The number of hydrogen-bond acceptors (Lipinski definition) is 8. The van der Waals surface area contributed by atoms with Crippen molar-refractivity contribution in [3.8, 4) is 0 Å². The van der Waals surface area contributed by atoms with Crippen molar-refractivity contribution in [3.05, 3.63) is 88.9 Å². The second-order valence-electron chi connectivity index (χ2n) is 9.42. The Kier molecular flexibility index (Phi) is 7.43. The number of carbonyl (C=O) groups is 2. The molecule has 0 unspecified atom stereocenters. The molecule has 0 radical (unpaired) electrons. The third kappa shape index (κ3) is 5.13. The predicted octanol–water partition coefficient (Wildman–Crippen LogP) is 4.56. The molecule has 2 aliphatic heterocycles. The Morgan fingerprint density at radius 2 is 1.84 bits per heavy atom. The van der Waals surface area contributed by atoms with E-state index in [1.807, 2.05) is 48.2 Å². The molecule has 2 aromatic carbocycles. The number of anilines is 3. The SMILES string of the molecule is CCN(Cc1ccncc1)C(=O)c1ccc(N2CCC(N3C(=O)OCc4ccccc43)CC2)c(N([O-])O)c1. The topological polar surface area (TPSA) is 113 Å². The Labute approximate surface area is 221 Å². The highest BCUT2D eigenvalue weighted by molar-refractivity contribution is 5.96. The third-order valence-corrected chi connectivity index (χ3v) is 7.19. The number of piperidine rings is 1. The van der Waals surface area contributed by atoms with E-state index in [1.165, 1.54) is 6.07 Å². The quantitative estimate of drug-likeness (QED) is 0.455. The zero-order valence-corrected chi connectivity index (χ0v) is 21.2. The molecule has 2 aliphatic rings. The van der Waals surface area contributed by atoms with Gasteiger partial charge in [-0.1, -0.05) is 18.2 Å². The fraction of sp³-hybridized carbons (Fsp3) is 0.321. The molecule has 38 heavy (non-hydrogen) atoms. The van der Waals surface area contributed by atoms with E-state index in [0.717, 1.165) is 16.8 Å². The molecule has 0 spiro atoms. The van der Waals surface area contributed by atoms with Crippen LogP contribution in [0.3, 0.4) is 0 Å². The maximum Gasteiger partial charge on any atom is 0.414 e. The number of amides is 2. The summed E-state index contributed by atoms with van der Waals surface area (Å²) in [4.78, 5) is 35.3. The fourth-order valence-corrected chi connectivity index (χ4v) is 5.18. The number of pyridine rings is 1. The minimum absolute atomic E-state index is 0.0111. The number of benzene rings is 2. The Hall–Kier alpha value is -4.15. The highest BCUT2D eigenvalue weighted by atomic mass is 16.8. The molecule has 1 aromatic heterocycles. The van der Waals surface area contributed by atoms with Crippen molar-refractivity contribution >= 4 is 29.1 Å². The highest BCUT2D eigenvalue weighted by Crippen LogP contribution is 2.35. The van der Waals surface area contributed by atoms with Gasteiger partial charge in [-0.25, -0.2) is 4.79 Å². The molecule has 1 fully saturated rings. The molecule has 198 valence electrons. The summed E-state index contributed by atoms with van der Waals surface area (Å²) in [5, 5.41) is 21.9. The van der Waals surface area contributed by atoms with E-state index in [0.29, 0.717) is 50.3 Å². The third-order valence-electron chi connectivity index (χ3n) is 7.19. The lowest BCUT2D eigenvalue weighted by molar-refractivity contribution is 0.0752. The lowest BCUT2D eigenvalue weighted by atomic mass is 9.99. The molecule has 0 atom stereocenters. The average Bonchev–Trinajstić information content (AvgIpc) is 2.96. The second kappa shape index (κ2) is 11.1. The lowest BCUT2D eigenvalue weighted by Gasteiger charge is -2.42. The van der Waals surface area contributed by atoms with Crippen LogP contribution in [0, 0.1) is 5.21 Å². The van der Waals surface area contributed by atoms with Crippen LogP contribution in [0.5, 0.6) is 0 Å². The largest absolute Gasteiger partial charge is 0.733 e. The molecule has 0 bridgehead atoms. The van der Waals surface area contributed by atoms with Crippen molar-refractivity contribution in [1.29, 1.82) is 0 Å². The predicted molar refractivity (Wildman–Crippen MR) is 143 cm³/mol. The Bertz CT molecular complexity index is 1290. The van der Waals surface area contributed by atoms with Gasteiger partial charge in [-0.15, -0.1) is 0 Å². The standard InChI is InChI=1S/C28H30N5O5/c1-2-30(18-20-9-13-29-14-10-20)27(34)21-7-8-25(26(17-21)33(36)37)31-15-11-23(12-16-31)32-24-6-4-3-5-22(24)19-38-28(32)35/h3-10,13-14,17,23,36H,2,11-12,15-16,18-19H2,1H3/q-1. The molecular formula is C28H30N5O5-. The van der Waals surface area contributed by atoms with Crippen LogP contribution in [-0.4, -0.2) is 52.8 Å². The van der Waals surface area contributed by atoms with Crippen LogP contribution in [-0.2, 0) is 17.9 Å². The smallest absolute Gasteiger partial charge is 0.414 e. The number of fused-ring (bicyclic) bond motifs is 1. The van der Waals surface area contributed by atoms with Crippen molar-refractivity contribution in [2.75, 3.05) is 34.7 Å². The van der Waals surface area contributed by atoms with E-state index >= 15 is 0 Å². The Balaban J connectivity index is 1.31. The molecule has 1 saturated heterocycles. The number of nitrogens with zero attached hydrogens (tertiary/aromatic N) is 5. The number of para-hydroxylation sites is 1. The van der Waals surface area contributed by atoms with Crippen molar-refractivity contribution in [3.63, 3.8) is 0 Å². The van der Waals surface area contributed by atoms with E-state index in [1.54, 1.807) is 34.3 Å². The first-order chi connectivity index (χ1) is 18.5. The zero-order chi connectivity index (χ0) is 26.6. The molecular weight excluding hydrogens is 486 g/mol. The first-order valence-electron chi connectivity index (χ1n) is 12.7. The zero-order valence-electron chi connectivity index (χ0n) is 21.2. The summed E-state index contributed by atoms with van der Waals surface area (Å²) in [7, 11) is 0. The summed E-state index contributed by atoms with van der Waals surface area (Å²) >= 11 is 0. The number of aromatic nitrogens is 1. The molecule has 10 nitrogen and oxygen atoms in total. The molecule has 5 rings (SSSR count). The Morgan fingerprint density at radius 3 is 2.55 bits per heavy atom. The maximum atomic E-state index is 13.2. The van der Waals surface area contributed by atoms with Crippen molar-refractivity contribution in [2.24, 2.45) is 0 Å². The van der Waals surface area contributed by atoms with Gasteiger partial charge in [0.2, 0.25) is 0 Å². The number of cyclic esters (lactones) is 1. The van der Waals surface area contributed by atoms with Gasteiger partial charge in [0, 0.05) is 55.7 Å². The second-order valence-corrected chi connectivity index (χ2v) is 9.42. The van der Waals surface area contributed by atoms with Gasteiger partial charge in [0.25, 0.3) is 5.91 Å². The molecule has 1 N–H and O–H groups in total. The number of hydrogen-bond donors (Lipinski definition) is 1. The minimum atomic E-state index is -0.348. The monoisotopic (exact) mass is 516 g/mol. The van der Waals surface area contributed by atoms with Gasteiger partial charge < -0.3 is 25.0 Å². The molecule has 0 aliphatic carbocycles. The molecule has 3 aromatic rings. The van der Waals surface area contributed by atoms with Gasteiger partial charge in [-0.2, -0.15) is 0 Å². The number of carbonyl (C=O) groups excluding carboxylic acids is 2. The van der Waals surface area contributed by atoms with E-state index in [-0.39, 0.29) is 35.6 Å². The van der Waals surface area contributed by atoms with Crippen LogP contribution in [0.4, 0.5) is 21.9 Å². The summed E-state index contributed by atoms with van der Waals surface area (Å²) in [6, 6.07) is 16.2. The van der Waals surface area contributed by atoms with Gasteiger partial charge in [0.15, 0.2) is 0 Å². The van der Waals surface area contributed by atoms with Gasteiger partial charge in [-0.05, 0) is 61.7 Å². The fourth-order valence-electron chi connectivity index (χ4n) is 5.18. The first-order valence-corrected chi connectivity index (χ1v) is 12.7. The summed E-state index contributed by atoms with van der Waals surface area (Å²) in [5.74, 6) is -0.236. The molecule has 2 amide bonds. The first kappa shape index (κ1) is 25.5. The van der Waals surface area contributed by atoms with Crippen LogP contribution >= 0.6 is 0 Å². The highest BCUT2D eigenvalue weighted by Gasteiger charge is 2.34. The minimum Gasteiger partial charge on any atom is -0.733 e. The average molecular weight is 517 g/mol. The van der Waals surface area contributed by atoms with Crippen molar-refractivity contribution in [1.82, 2.24) is 9.88 Å². The number of ether oxygens (including phenoxy) is 1. The van der Waals surface area contributed by atoms with Crippen molar-refractivity contribution in [2.45, 2.75) is 39.0 Å². The van der Waals surface area contributed by atoms with Crippen LogP contribution in [0.25, 0.3) is 0 Å². The molecule has 0 saturated carbocycles. The number of rotatable bonds is 7. The van der Waals surface area contributed by atoms with Gasteiger partial charge in [-0.3, -0.25) is 19.9 Å².